The number of fused-ring (bicyclic) bond motifs is 3. The van der Waals surface area contributed by atoms with Gasteiger partial charge in [0.25, 0.3) is 5.91 Å². The maximum absolute atomic E-state index is 13.1. The number of thiophene rings is 1. The van der Waals surface area contributed by atoms with Crippen molar-refractivity contribution in [2.45, 2.75) is 38.0 Å². The Morgan fingerprint density at radius 3 is 2.57 bits per heavy atom. The van der Waals surface area contributed by atoms with Gasteiger partial charge < -0.3 is 10.1 Å². The van der Waals surface area contributed by atoms with Crippen LogP contribution in [0, 0.1) is 5.92 Å². The van der Waals surface area contributed by atoms with Crippen LogP contribution in [0.3, 0.4) is 0 Å². The minimum Gasteiger partial charge on any atom is -0.446 e. The van der Waals surface area contributed by atoms with Gasteiger partial charge in [-0.25, -0.2) is 0 Å². The number of alkyl halides is 3. The molecule has 5 rings (SSSR count). The first kappa shape index (κ1) is 19.3. The third kappa shape index (κ3) is 3.75. The van der Waals surface area contributed by atoms with Crippen molar-refractivity contribution in [3.63, 3.8) is 0 Å². The fourth-order valence-electron chi connectivity index (χ4n) is 4.16. The van der Waals surface area contributed by atoms with Gasteiger partial charge in [-0.05, 0) is 63.0 Å². The van der Waals surface area contributed by atoms with Crippen LogP contribution in [0.15, 0.2) is 36.4 Å². The Morgan fingerprint density at radius 1 is 1.18 bits per heavy atom. The molecule has 28 heavy (non-hydrogen) atoms. The van der Waals surface area contributed by atoms with Crippen LogP contribution in [0.1, 0.15) is 35.0 Å². The highest BCUT2D eigenvalue weighted by Gasteiger charge is 2.40. The molecule has 0 aliphatic carbocycles. The molecule has 3 aliphatic heterocycles. The Kier molecular flexibility index (Phi) is 5.09. The number of amides is 1. The van der Waals surface area contributed by atoms with Crippen LogP contribution in [0.2, 0.25) is 0 Å². The Balaban J connectivity index is 1.46. The normalized spacial score (nSPS) is 26.9. The van der Waals surface area contributed by atoms with Gasteiger partial charge in [-0.15, -0.1) is 0 Å². The van der Waals surface area contributed by atoms with Crippen molar-refractivity contribution in [1.29, 1.82) is 0 Å². The molecular weight excluding hydrogens is 389 g/mol. The van der Waals surface area contributed by atoms with Crippen LogP contribution in [-0.2, 0) is 6.18 Å². The Labute approximate surface area is 165 Å². The summed E-state index contributed by atoms with van der Waals surface area (Å²) < 4.78 is 44.8. The Hall–Kier alpha value is -2.06. The van der Waals surface area contributed by atoms with Crippen LogP contribution in [-0.4, -0.2) is 36.0 Å². The molecule has 0 saturated carbocycles. The zero-order valence-corrected chi connectivity index (χ0v) is 16.1. The number of hydrogen-bond acceptors (Lipinski definition) is 4. The number of carbonyl (C=O) groups excluding carboxylic acids is 1. The number of benzene rings is 1. The zero-order chi connectivity index (χ0) is 19.9. The third-order valence-electron chi connectivity index (χ3n) is 5.68. The van der Waals surface area contributed by atoms with E-state index in [9.17, 15) is 18.0 Å². The molecule has 2 bridgehead atoms. The molecule has 0 radical (unpaired) electrons. The molecule has 3 saturated heterocycles. The molecule has 2 aromatic rings. The van der Waals surface area contributed by atoms with Crippen molar-refractivity contribution in [3.8, 4) is 10.8 Å². The molecule has 1 aromatic carbocycles. The summed E-state index contributed by atoms with van der Waals surface area (Å²) in [4.78, 5) is 15.5. The molecule has 1 N–H and O–H groups in total. The first-order valence-electron chi connectivity index (χ1n) is 9.32. The number of halogens is 3. The number of ether oxygens (including phenoxy) is 1. The predicted octanol–water partition coefficient (Wildman–Crippen LogP) is 4.77. The second-order valence-electron chi connectivity index (χ2n) is 7.33. The molecular formula is C20H21F3N2O2S. The molecule has 0 unspecified atom stereocenters. The number of rotatable bonds is 4. The van der Waals surface area contributed by atoms with Crippen molar-refractivity contribution in [2.75, 3.05) is 13.1 Å². The van der Waals surface area contributed by atoms with Gasteiger partial charge in [0.2, 0.25) is 0 Å². The number of piperidine rings is 3. The number of nitrogens with zero attached hydrogens (tertiary/aromatic N) is 1. The van der Waals surface area contributed by atoms with E-state index in [-0.39, 0.29) is 22.8 Å². The number of hydrogen-bond donors (Lipinski definition) is 1. The largest absolute Gasteiger partial charge is 0.446 e. The molecule has 1 amide bonds. The Morgan fingerprint density at radius 2 is 1.89 bits per heavy atom. The van der Waals surface area contributed by atoms with E-state index < -0.39 is 11.7 Å². The SMILES string of the molecule is C[C@H]1[C@H](NC(=O)c2ccc(Oc3ccccc3C(F)(F)F)s2)C2CCN1CC2. The van der Waals surface area contributed by atoms with Crippen molar-refractivity contribution in [3.05, 3.63) is 46.8 Å². The fraction of sp³-hybridized carbons (Fsp3) is 0.450. The minimum absolute atomic E-state index is 0.104. The summed E-state index contributed by atoms with van der Waals surface area (Å²) in [5.41, 5.74) is -0.837. The monoisotopic (exact) mass is 410 g/mol. The van der Waals surface area contributed by atoms with Gasteiger partial charge in [-0.3, -0.25) is 9.69 Å². The highest BCUT2D eigenvalue weighted by Crippen LogP contribution is 2.39. The second kappa shape index (κ2) is 7.40. The molecule has 3 aliphatic rings. The zero-order valence-electron chi connectivity index (χ0n) is 15.3. The lowest BCUT2D eigenvalue weighted by Gasteiger charge is -2.49. The molecule has 1 aromatic heterocycles. The number of para-hydroxylation sites is 1. The summed E-state index contributed by atoms with van der Waals surface area (Å²) in [5, 5.41) is 3.38. The summed E-state index contributed by atoms with van der Waals surface area (Å²) in [5.74, 6) is 0.0164. The maximum Gasteiger partial charge on any atom is 0.419 e. The summed E-state index contributed by atoms with van der Waals surface area (Å²) in [7, 11) is 0. The fourth-order valence-corrected chi connectivity index (χ4v) is 4.93. The smallest absolute Gasteiger partial charge is 0.419 e. The highest BCUT2D eigenvalue weighted by molar-refractivity contribution is 7.15. The molecule has 150 valence electrons. The molecule has 4 nitrogen and oxygen atoms in total. The average molecular weight is 410 g/mol. The highest BCUT2D eigenvalue weighted by atomic mass is 32.1. The second-order valence-corrected chi connectivity index (χ2v) is 8.37. The average Bonchev–Trinajstić information content (AvgIpc) is 3.13. The quantitative estimate of drug-likeness (QED) is 0.789. The molecule has 0 spiro atoms. The molecule has 2 atom stereocenters. The van der Waals surface area contributed by atoms with E-state index in [1.165, 1.54) is 24.3 Å². The van der Waals surface area contributed by atoms with Gasteiger partial charge in [0.15, 0.2) is 5.06 Å². The topological polar surface area (TPSA) is 41.6 Å². The van der Waals surface area contributed by atoms with Crippen LogP contribution >= 0.6 is 11.3 Å². The van der Waals surface area contributed by atoms with Gasteiger partial charge in [-0.2, -0.15) is 13.2 Å². The van der Waals surface area contributed by atoms with Crippen molar-refractivity contribution >= 4 is 17.2 Å². The van der Waals surface area contributed by atoms with E-state index in [0.29, 0.717) is 16.8 Å². The van der Waals surface area contributed by atoms with Crippen molar-refractivity contribution in [2.24, 2.45) is 5.92 Å². The number of carbonyl (C=O) groups is 1. The predicted molar refractivity (Wildman–Crippen MR) is 101 cm³/mol. The first-order valence-corrected chi connectivity index (χ1v) is 10.1. The van der Waals surface area contributed by atoms with Crippen LogP contribution < -0.4 is 10.1 Å². The lowest BCUT2D eigenvalue weighted by Crippen LogP contribution is -2.62. The Bertz CT molecular complexity index is 857. The van der Waals surface area contributed by atoms with Gasteiger partial charge in [0.1, 0.15) is 5.75 Å². The number of nitrogens with one attached hydrogen (secondary N) is 1. The van der Waals surface area contributed by atoms with Crippen molar-refractivity contribution in [1.82, 2.24) is 10.2 Å². The van der Waals surface area contributed by atoms with Gasteiger partial charge in [0, 0.05) is 12.1 Å². The lowest BCUT2D eigenvalue weighted by molar-refractivity contribution is -0.138. The molecule has 4 heterocycles. The summed E-state index contributed by atoms with van der Waals surface area (Å²) >= 11 is 1.05. The van der Waals surface area contributed by atoms with Gasteiger partial charge >= 0.3 is 6.18 Å². The van der Waals surface area contributed by atoms with E-state index in [2.05, 4.69) is 17.1 Å². The van der Waals surface area contributed by atoms with Crippen LogP contribution in [0.5, 0.6) is 10.8 Å². The van der Waals surface area contributed by atoms with Crippen molar-refractivity contribution < 1.29 is 22.7 Å². The summed E-state index contributed by atoms with van der Waals surface area (Å²) in [6.45, 7) is 4.29. The lowest BCUT2D eigenvalue weighted by atomic mass is 9.79. The van der Waals surface area contributed by atoms with E-state index in [1.54, 1.807) is 6.07 Å². The van der Waals surface area contributed by atoms with E-state index in [4.69, 9.17) is 4.74 Å². The van der Waals surface area contributed by atoms with E-state index in [0.717, 1.165) is 43.3 Å². The molecule has 3 fully saturated rings. The summed E-state index contributed by atoms with van der Waals surface area (Å²) in [6.07, 6.45) is -2.33. The minimum atomic E-state index is -4.50. The van der Waals surface area contributed by atoms with Gasteiger partial charge in [0.05, 0.1) is 10.4 Å². The van der Waals surface area contributed by atoms with Crippen LogP contribution in [0.4, 0.5) is 13.2 Å². The summed E-state index contributed by atoms with van der Waals surface area (Å²) in [6, 6.07) is 8.59. The maximum atomic E-state index is 13.1. The van der Waals surface area contributed by atoms with E-state index >= 15 is 0 Å². The van der Waals surface area contributed by atoms with Gasteiger partial charge in [-0.1, -0.05) is 23.5 Å². The third-order valence-corrected chi connectivity index (χ3v) is 6.65. The molecule has 8 heteroatoms. The van der Waals surface area contributed by atoms with Crippen LogP contribution in [0.25, 0.3) is 0 Å². The van der Waals surface area contributed by atoms with E-state index in [1.807, 2.05) is 0 Å². The first-order chi connectivity index (χ1) is 13.3. The standard InChI is InChI=1S/C20H21F3N2O2S/c1-12-18(13-8-10-25(12)11-9-13)24-19(26)16-6-7-17(28-16)27-15-5-3-2-4-14(15)20(21,22)23/h2-7,12-13,18H,8-11H2,1H3,(H,24,26)/t12-,18-/m0/s1.